The summed E-state index contributed by atoms with van der Waals surface area (Å²) in [5.74, 6) is 4.03. The molecule has 1 amide bonds. The Morgan fingerprint density at radius 1 is 1.18 bits per heavy atom. The van der Waals surface area contributed by atoms with Crippen molar-refractivity contribution in [3.05, 3.63) is 35.9 Å². The summed E-state index contributed by atoms with van der Waals surface area (Å²) in [6.45, 7) is 3.46. The SMILES string of the molecule is CCOc1ccccc1NC(=O)C[C@H]1CCc2nnc(C3CCCC3)n2CC1. The second-order valence-corrected chi connectivity index (χ2v) is 7.98. The fourth-order valence-corrected chi connectivity index (χ4v) is 4.57. The highest BCUT2D eigenvalue weighted by Crippen LogP contribution is 2.35. The predicted octanol–water partition coefficient (Wildman–Crippen LogP) is 4.32. The quantitative estimate of drug-likeness (QED) is 0.808. The third-order valence-corrected chi connectivity index (χ3v) is 6.05. The van der Waals surface area contributed by atoms with Crippen LogP contribution in [0.4, 0.5) is 5.69 Å². The number of rotatable bonds is 6. The molecular weight excluding hydrogens is 352 g/mol. The molecule has 1 aromatic carbocycles. The lowest BCUT2D eigenvalue weighted by molar-refractivity contribution is -0.117. The molecule has 1 aliphatic carbocycles. The number of carbonyl (C=O) groups is 1. The number of nitrogens with zero attached hydrogens (tertiary/aromatic N) is 3. The largest absolute Gasteiger partial charge is 0.492 e. The molecule has 28 heavy (non-hydrogen) atoms. The molecule has 1 aromatic heterocycles. The van der Waals surface area contributed by atoms with Gasteiger partial charge in [-0.05, 0) is 50.7 Å². The number of ether oxygens (including phenoxy) is 1. The summed E-state index contributed by atoms with van der Waals surface area (Å²) < 4.78 is 7.95. The summed E-state index contributed by atoms with van der Waals surface area (Å²) in [6.07, 6.45) is 8.53. The zero-order valence-electron chi connectivity index (χ0n) is 16.7. The normalized spacial score (nSPS) is 19.8. The molecule has 6 heteroatoms. The van der Waals surface area contributed by atoms with Gasteiger partial charge in [-0.2, -0.15) is 0 Å². The van der Waals surface area contributed by atoms with Crippen LogP contribution in [-0.2, 0) is 17.8 Å². The van der Waals surface area contributed by atoms with Crippen molar-refractivity contribution in [3.8, 4) is 5.75 Å². The average Bonchev–Trinajstić information content (AvgIpc) is 3.31. The van der Waals surface area contributed by atoms with Gasteiger partial charge in [0.15, 0.2) is 0 Å². The van der Waals surface area contributed by atoms with Gasteiger partial charge in [0.2, 0.25) is 5.91 Å². The maximum atomic E-state index is 12.6. The molecule has 1 saturated carbocycles. The van der Waals surface area contributed by atoms with Gasteiger partial charge in [-0.3, -0.25) is 4.79 Å². The number of aryl methyl sites for hydroxylation is 1. The van der Waals surface area contributed by atoms with E-state index in [1.807, 2.05) is 31.2 Å². The molecule has 150 valence electrons. The Bertz CT molecular complexity index is 811. The van der Waals surface area contributed by atoms with Gasteiger partial charge in [0.1, 0.15) is 17.4 Å². The Morgan fingerprint density at radius 3 is 2.82 bits per heavy atom. The van der Waals surface area contributed by atoms with Crippen LogP contribution in [0.3, 0.4) is 0 Å². The second-order valence-electron chi connectivity index (χ2n) is 7.98. The van der Waals surface area contributed by atoms with Crippen molar-refractivity contribution in [1.82, 2.24) is 14.8 Å². The van der Waals surface area contributed by atoms with Crippen LogP contribution in [-0.4, -0.2) is 27.3 Å². The maximum absolute atomic E-state index is 12.6. The highest BCUT2D eigenvalue weighted by molar-refractivity contribution is 5.92. The van der Waals surface area contributed by atoms with E-state index in [2.05, 4.69) is 20.1 Å². The molecular formula is C22H30N4O2. The van der Waals surface area contributed by atoms with E-state index >= 15 is 0 Å². The molecule has 0 radical (unpaired) electrons. The molecule has 1 aliphatic heterocycles. The van der Waals surface area contributed by atoms with Gasteiger partial charge in [-0.25, -0.2) is 0 Å². The van der Waals surface area contributed by atoms with Crippen molar-refractivity contribution in [2.45, 2.75) is 70.8 Å². The van der Waals surface area contributed by atoms with Crippen LogP contribution < -0.4 is 10.1 Å². The van der Waals surface area contributed by atoms with Crippen molar-refractivity contribution >= 4 is 11.6 Å². The van der Waals surface area contributed by atoms with Crippen molar-refractivity contribution < 1.29 is 9.53 Å². The van der Waals surface area contributed by atoms with Gasteiger partial charge in [0, 0.05) is 25.3 Å². The van der Waals surface area contributed by atoms with Crippen LogP contribution in [0.2, 0.25) is 0 Å². The smallest absolute Gasteiger partial charge is 0.224 e. The van der Waals surface area contributed by atoms with Crippen LogP contribution >= 0.6 is 0 Å². The molecule has 6 nitrogen and oxygen atoms in total. The van der Waals surface area contributed by atoms with Crippen LogP contribution in [0.5, 0.6) is 5.75 Å². The molecule has 2 aliphatic rings. The predicted molar refractivity (Wildman–Crippen MR) is 109 cm³/mol. The number of nitrogens with one attached hydrogen (secondary N) is 1. The zero-order valence-corrected chi connectivity index (χ0v) is 16.7. The molecule has 0 saturated heterocycles. The average molecular weight is 383 g/mol. The summed E-state index contributed by atoms with van der Waals surface area (Å²) in [5, 5.41) is 12.0. The Kier molecular flexibility index (Phi) is 5.93. The molecule has 2 aromatic rings. The Labute approximate surface area is 166 Å². The maximum Gasteiger partial charge on any atom is 0.224 e. The monoisotopic (exact) mass is 382 g/mol. The topological polar surface area (TPSA) is 69.0 Å². The van der Waals surface area contributed by atoms with E-state index in [9.17, 15) is 4.79 Å². The van der Waals surface area contributed by atoms with Crippen LogP contribution in [0.25, 0.3) is 0 Å². The fraction of sp³-hybridized carbons (Fsp3) is 0.591. The molecule has 4 rings (SSSR count). The van der Waals surface area contributed by atoms with E-state index in [4.69, 9.17) is 4.74 Å². The molecule has 2 heterocycles. The van der Waals surface area contributed by atoms with Gasteiger partial charge < -0.3 is 14.6 Å². The van der Waals surface area contributed by atoms with E-state index < -0.39 is 0 Å². The molecule has 1 N–H and O–H groups in total. The number of carbonyl (C=O) groups excluding carboxylic acids is 1. The Morgan fingerprint density at radius 2 is 2.00 bits per heavy atom. The third kappa shape index (κ3) is 4.21. The zero-order chi connectivity index (χ0) is 19.3. The summed E-state index contributed by atoms with van der Waals surface area (Å²) in [4.78, 5) is 12.6. The van der Waals surface area contributed by atoms with Crippen molar-refractivity contribution in [3.63, 3.8) is 0 Å². The Balaban J connectivity index is 1.36. The minimum atomic E-state index is 0.0610. The molecule has 0 bridgehead atoms. The van der Waals surface area contributed by atoms with E-state index in [1.54, 1.807) is 0 Å². The molecule has 1 fully saturated rings. The van der Waals surface area contributed by atoms with Crippen molar-refractivity contribution in [1.29, 1.82) is 0 Å². The van der Waals surface area contributed by atoms with Crippen molar-refractivity contribution in [2.75, 3.05) is 11.9 Å². The minimum Gasteiger partial charge on any atom is -0.492 e. The van der Waals surface area contributed by atoms with Crippen LogP contribution in [0.1, 0.15) is 69.4 Å². The fourth-order valence-electron chi connectivity index (χ4n) is 4.57. The van der Waals surface area contributed by atoms with E-state index in [0.29, 0.717) is 24.9 Å². The number of benzene rings is 1. The van der Waals surface area contributed by atoms with Gasteiger partial charge in [-0.15, -0.1) is 10.2 Å². The van der Waals surface area contributed by atoms with Gasteiger partial charge in [0.25, 0.3) is 0 Å². The van der Waals surface area contributed by atoms with Crippen molar-refractivity contribution in [2.24, 2.45) is 5.92 Å². The number of fused-ring (bicyclic) bond motifs is 1. The highest BCUT2D eigenvalue weighted by Gasteiger charge is 2.27. The molecule has 0 unspecified atom stereocenters. The summed E-state index contributed by atoms with van der Waals surface area (Å²) >= 11 is 0. The highest BCUT2D eigenvalue weighted by atomic mass is 16.5. The lowest BCUT2D eigenvalue weighted by Crippen LogP contribution is -2.18. The number of amides is 1. The number of aromatic nitrogens is 3. The third-order valence-electron chi connectivity index (χ3n) is 6.05. The van der Waals surface area contributed by atoms with E-state index in [1.165, 1.54) is 31.5 Å². The number of anilines is 1. The summed E-state index contributed by atoms with van der Waals surface area (Å²) in [7, 11) is 0. The molecule has 1 atom stereocenters. The minimum absolute atomic E-state index is 0.0610. The lowest BCUT2D eigenvalue weighted by Gasteiger charge is -2.16. The molecule has 0 spiro atoms. The first-order valence-corrected chi connectivity index (χ1v) is 10.7. The van der Waals surface area contributed by atoms with E-state index in [0.717, 1.165) is 43.1 Å². The second kappa shape index (κ2) is 8.76. The standard InChI is InChI=1S/C22H30N4O2/c1-2-28-19-10-6-5-9-18(19)23-21(27)15-16-11-12-20-24-25-22(26(20)14-13-16)17-7-3-4-8-17/h5-6,9-10,16-17H,2-4,7-8,11-15H2,1H3,(H,23,27)/t16-/m0/s1. The Hall–Kier alpha value is -2.37. The van der Waals surface area contributed by atoms with E-state index in [-0.39, 0.29) is 5.91 Å². The van der Waals surface area contributed by atoms with Gasteiger partial charge in [-0.1, -0.05) is 25.0 Å². The van der Waals surface area contributed by atoms with Gasteiger partial charge >= 0.3 is 0 Å². The lowest BCUT2D eigenvalue weighted by atomic mass is 9.96. The van der Waals surface area contributed by atoms with Crippen LogP contribution in [0, 0.1) is 5.92 Å². The summed E-state index contributed by atoms with van der Waals surface area (Å²) in [5.41, 5.74) is 0.753. The summed E-state index contributed by atoms with van der Waals surface area (Å²) in [6, 6.07) is 7.62. The first-order chi connectivity index (χ1) is 13.7. The first kappa shape index (κ1) is 19.0. The van der Waals surface area contributed by atoms with Crippen LogP contribution in [0.15, 0.2) is 24.3 Å². The number of hydrogen-bond acceptors (Lipinski definition) is 4. The number of para-hydroxylation sites is 2. The first-order valence-electron chi connectivity index (χ1n) is 10.7. The van der Waals surface area contributed by atoms with Gasteiger partial charge in [0.05, 0.1) is 12.3 Å². The number of hydrogen-bond donors (Lipinski definition) is 1.